The van der Waals surface area contributed by atoms with Crippen LogP contribution in [-0.2, 0) is 11.0 Å². The van der Waals surface area contributed by atoms with Gasteiger partial charge in [0.2, 0.25) is 0 Å². The molecule has 0 radical (unpaired) electrons. The number of Topliss-reactive ketones (excluding diaryl/α,β-unsaturated/α-hetero) is 1. The van der Waals surface area contributed by atoms with E-state index < -0.39 is 23.5 Å². The Morgan fingerprint density at radius 2 is 2.00 bits per heavy atom. The lowest BCUT2D eigenvalue weighted by molar-refractivity contribution is -0.137. The zero-order chi connectivity index (χ0) is 23.0. The van der Waals surface area contributed by atoms with E-state index in [1.165, 1.54) is 11.0 Å². The summed E-state index contributed by atoms with van der Waals surface area (Å²) in [4.78, 5) is 25.6. The Bertz CT molecular complexity index is 1070. The molecule has 170 valence electrons. The van der Waals surface area contributed by atoms with E-state index in [0.29, 0.717) is 5.69 Å². The number of ketones is 1. The average molecular weight is 473 g/mol. The summed E-state index contributed by atoms with van der Waals surface area (Å²) < 4.78 is 63.3. The van der Waals surface area contributed by atoms with E-state index in [2.05, 4.69) is 5.32 Å². The number of ether oxygens (including phenoxy) is 2. The molecule has 0 aromatic heterocycles. The SMILES string of the molecule is O=C1CNc2cc(C(=O)N3CC(COc4ccc(C(F)(F)F)cc4Cl)C3)c(F)cc2OC1. The fraction of sp³-hybridized carbons (Fsp3) is 0.333. The van der Waals surface area contributed by atoms with Gasteiger partial charge in [-0.2, -0.15) is 13.2 Å². The number of hydrogen-bond donors (Lipinski definition) is 1. The van der Waals surface area contributed by atoms with E-state index in [0.717, 1.165) is 24.3 Å². The van der Waals surface area contributed by atoms with Crippen molar-refractivity contribution in [3.8, 4) is 11.5 Å². The predicted molar refractivity (Wildman–Crippen MR) is 107 cm³/mol. The molecule has 2 aromatic carbocycles. The number of hydrogen-bond acceptors (Lipinski definition) is 5. The van der Waals surface area contributed by atoms with Crippen LogP contribution in [0.25, 0.3) is 0 Å². The molecule has 4 rings (SSSR count). The minimum Gasteiger partial charge on any atom is -0.492 e. The van der Waals surface area contributed by atoms with Crippen molar-refractivity contribution in [3.63, 3.8) is 0 Å². The molecule has 1 fully saturated rings. The smallest absolute Gasteiger partial charge is 0.416 e. The molecule has 0 bridgehead atoms. The molecule has 1 amide bonds. The molecular weight excluding hydrogens is 456 g/mol. The minimum atomic E-state index is -4.50. The summed E-state index contributed by atoms with van der Waals surface area (Å²) in [5.41, 5.74) is -0.667. The Morgan fingerprint density at radius 3 is 2.69 bits per heavy atom. The maximum Gasteiger partial charge on any atom is 0.416 e. The van der Waals surface area contributed by atoms with Crippen molar-refractivity contribution >= 4 is 29.0 Å². The van der Waals surface area contributed by atoms with Gasteiger partial charge in [-0.05, 0) is 24.3 Å². The van der Waals surface area contributed by atoms with Crippen molar-refractivity contribution in [2.24, 2.45) is 5.92 Å². The first-order valence-corrected chi connectivity index (χ1v) is 10.0. The number of benzene rings is 2. The highest BCUT2D eigenvalue weighted by molar-refractivity contribution is 6.32. The molecule has 2 aliphatic rings. The van der Waals surface area contributed by atoms with Gasteiger partial charge in [0.05, 0.1) is 35.0 Å². The number of anilines is 1. The average Bonchev–Trinajstić information content (AvgIpc) is 2.87. The monoisotopic (exact) mass is 472 g/mol. The first-order valence-electron chi connectivity index (χ1n) is 9.62. The van der Waals surface area contributed by atoms with Gasteiger partial charge in [0, 0.05) is 25.1 Å². The second-order valence-electron chi connectivity index (χ2n) is 7.54. The fourth-order valence-electron chi connectivity index (χ4n) is 3.39. The third kappa shape index (κ3) is 4.59. The van der Waals surface area contributed by atoms with Crippen molar-refractivity contribution in [3.05, 3.63) is 52.3 Å². The highest BCUT2D eigenvalue weighted by atomic mass is 35.5. The summed E-state index contributed by atoms with van der Waals surface area (Å²) in [5, 5.41) is 2.66. The number of alkyl halides is 3. The van der Waals surface area contributed by atoms with Gasteiger partial charge in [0.25, 0.3) is 5.91 Å². The minimum absolute atomic E-state index is 0.0158. The van der Waals surface area contributed by atoms with E-state index in [1.54, 1.807) is 0 Å². The summed E-state index contributed by atoms with van der Waals surface area (Å²) in [5.74, 6) is -1.30. The van der Waals surface area contributed by atoms with Crippen LogP contribution in [0, 0.1) is 11.7 Å². The molecule has 2 aromatic rings. The summed E-state index contributed by atoms with van der Waals surface area (Å²) >= 11 is 5.87. The van der Waals surface area contributed by atoms with Crippen molar-refractivity contribution < 1.29 is 36.6 Å². The van der Waals surface area contributed by atoms with Gasteiger partial charge in [0.1, 0.15) is 23.9 Å². The second kappa shape index (κ2) is 8.50. The third-order valence-corrected chi connectivity index (χ3v) is 5.44. The van der Waals surface area contributed by atoms with E-state index in [-0.39, 0.29) is 66.6 Å². The number of nitrogens with zero attached hydrogens (tertiary/aromatic N) is 1. The van der Waals surface area contributed by atoms with E-state index in [1.807, 2.05) is 0 Å². The zero-order valence-electron chi connectivity index (χ0n) is 16.5. The van der Waals surface area contributed by atoms with Crippen LogP contribution >= 0.6 is 11.6 Å². The number of carbonyl (C=O) groups is 2. The number of likely N-dealkylation sites (tertiary alicyclic amines) is 1. The van der Waals surface area contributed by atoms with Crippen molar-refractivity contribution in [2.45, 2.75) is 6.18 Å². The van der Waals surface area contributed by atoms with Gasteiger partial charge in [-0.3, -0.25) is 9.59 Å². The Morgan fingerprint density at radius 1 is 1.25 bits per heavy atom. The zero-order valence-corrected chi connectivity index (χ0v) is 17.2. The Labute approximate surface area is 185 Å². The van der Waals surface area contributed by atoms with Gasteiger partial charge >= 0.3 is 6.18 Å². The molecule has 1 saturated heterocycles. The van der Waals surface area contributed by atoms with Crippen LogP contribution in [0.15, 0.2) is 30.3 Å². The highest BCUT2D eigenvalue weighted by Gasteiger charge is 2.34. The standard InChI is InChI=1S/C21H17ClF4N2O4/c22-15-3-12(21(24,25)26)1-2-18(15)31-9-11-7-28(8-11)20(30)14-4-17-19(5-16(14)23)32-10-13(29)6-27-17/h1-5,11,27H,6-10H2. The molecule has 2 aliphatic heterocycles. The number of nitrogens with one attached hydrogen (secondary N) is 1. The third-order valence-electron chi connectivity index (χ3n) is 5.14. The quantitative estimate of drug-likeness (QED) is 0.681. The van der Waals surface area contributed by atoms with Crippen LogP contribution in [0.2, 0.25) is 5.02 Å². The first kappa shape index (κ1) is 22.2. The van der Waals surface area contributed by atoms with Gasteiger partial charge in [-0.15, -0.1) is 0 Å². The molecule has 0 saturated carbocycles. The predicted octanol–water partition coefficient (Wildman–Crippen LogP) is 4.02. The molecule has 6 nitrogen and oxygen atoms in total. The lowest BCUT2D eigenvalue weighted by Gasteiger charge is -2.39. The van der Waals surface area contributed by atoms with Crippen LogP contribution < -0.4 is 14.8 Å². The summed E-state index contributed by atoms with van der Waals surface area (Å²) in [6.07, 6.45) is -4.50. The fourth-order valence-corrected chi connectivity index (χ4v) is 3.63. The van der Waals surface area contributed by atoms with Crippen LogP contribution in [-0.4, -0.2) is 49.4 Å². The lowest BCUT2D eigenvalue weighted by Crippen LogP contribution is -2.52. The topological polar surface area (TPSA) is 67.9 Å². The van der Waals surface area contributed by atoms with Gasteiger partial charge < -0.3 is 19.7 Å². The molecule has 0 spiro atoms. The van der Waals surface area contributed by atoms with E-state index in [9.17, 15) is 27.2 Å². The van der Waals surface area contributed by atoms with Crippen molar-refractivity contribution in [1.82, 2.24) is 4.90 Å². The maximum absolute atomic E-state index is 14.4. The number of amides is 1. The van der Waals surface area contributed by atoms with Crippen LogP contribution in [0.1, 0.15) is 15.9 Å². The molecule has 1 N–H and O–H groups in total. The largest absolute Gasteiger partial charge is 0.492 e. The van der Waals surface area contributed by atoms with Crippen LogP contribution in [0.4, 0.5) is 23.2 Å². The number of halogens is 5. The molecule has 2 heterocycles. The highest BCUT2D eigenvalue weighted by Crippen LogP contribution is 2.35. The Balaban J connectivity index is 1.34. The maximum atomic E-state index is 14.4. The summed E-state index contributed by atoms with van der Waals surface area (Å²) in [6.45, 7) is 0.552. The lowest BCUT2D eigenvalue weighted by atomic mass is 9.99. The molecule has 0 atom stereocenters. The van der Waals surface area contributed by atoms with Gasteiger partial charge in [-0.1, -0.05) is 11.6 Å². The molecule has 0 aliphatic carbocycles. The molecule has 0 unspecified atom stereocenters. The Kier molecular flexibility index (Phi) is 5.89. The van der Waals surface area contributed by atoms with Crippen LogP contribution in [0.3, 0.4) is 0 Å². The second-order valence-corrected chi connectivity index (χ2v) is 7.95. The number of fused-ring (bicyclic) bond motifs is 1. The normalized spacial score (nSPS) is 16.4. The Hall–Kier alpha value is -3.01. The van der Waals surface area contributed by atoms with Crippen molar-refractivity contribution in [2.75, 3.05) is 38.2 Å². The van der Waals surface area contributed by atoms with E-state index in [4.69, 9.17) is 21.1 Å². The first-order chi connectivity index (χ1) is 15.1. The number of rotatable bonds is 4. The van der Waals surface area contributed by atoms with Gasteiger partial charge in [0.15, 0.2) is 5.78 Å². The van der Waals surface area contributed by atoms with Crippen molar-refractivity contribution in [1.29, 1.82) is 0 Å². The summed E-state index contributed by atoms with van der Waals surface area (Å²) in [7, 11) is 0. The number of carbonyl (C=O) groups excluding carboxylic acids is 2. The van der Waals surface area contributed by atoms with Gasteiger partial charge in [-0.25, -0.2) is 4.39 Å². The molecule has 32 heavy (non-hydrogen) atoms. The molecule has 11 heteroatoms. The molecular formula is C21H17ClF4N2O4. The summed E-state index contributed by atoms with van der Waals surface area (Å²) in [6, 6.07) is 5.21. The van der Waals surface area contributed by atoms with E-state index >= 15 is 0 Å². The van der Waals surface area contributed by atoms with Crippen LogP contribution in [0.5, 0.6) is 11.5 Å².